The quantitative estimate of drug-likeness (QED) is 0.687. The van der Waals surface area contributed by atoms with Crippen LogP contribution in [0.15, 0.2) is 42.7 Å². The molecule has 0 aliphatic carbocycles. The molecule has 0 spiro atoms. The maximum Gasteiger partial charge on any atom is 0.277 e. The number of carbonyl (C=O) groups excluding carboxylic acids is 2. The highest BCUT2D eigenvalue weighted by Crippen LogP contribution is 2.22. The van der Waals surface area contributed by atoms with E-state index in [0.717, 1.165) is 17.7 Å². The number of aryl methyl sites for hydroxylation is 1. The fourth-order valence-corrected chi connectivity index (χ4v) is 3.49. The van der Waals surface area contributed by atoms with Crippen LogP contribution in [0, 0.1) is 0 Å². The lowest BCUT2D eigenvalue weighted by atomic mass is 10.0. The topological polar surface area (TPSA) is 97.9 Å². The minimum atomic E-state index is -0.340. The molecule has 1 aromatic carbocycles. The second-order valence-electron chi connectivity index (χ2n) is 6.93. The summed E-state index contributed by atoms with van der Waals surface area (Å²) in [7, 11) is 0. The molecule has 9 heteroatoms. The van der Waals surface area contributed by atoms with Crippen LogP contribution in [0.25, 0.3) is 0 Å². The Kier molecular flexibility index (Phi) is 5.11. The van der Waals surface area contributed by atoms with Gasteiger partial charge < -0.3 is 10.2 Å². The van der Waals surface area contributed by atoms with E-state index in [1.54, 1.807) is 11.1 Å². The third-order valence-electron chi connectivity index (χ3n) is 5.07. The van der Waals surface area contributed by atoms with E-state index in [-0.39, 0.29) is 29.2 Å². The highest BCUT2D eigenvalue weighted by molar-refractivity contribution is 6.05. The van der Waals surface area contributed by atoms with Crippen molar-refractivity contribution in [3.8, 4) is 0 Å². The van der Waals surface area contributed by atoms with E-state index in [9.17, 15) is 9.59 Å². The number of carbonyl (C=O) groups is 2. The molecule has 0 fully saturated rings. The molecular weight excluding hydrogens is 370 g/mol. The van der Waals surface area contributed by atoms with Crippen molar-refractivity contribution in [2.45, 2.75) is 39.5 Å². The van der Waals surface area contributed by atoms with Crippen LogP contribution < -0.4 is 5.32 Å². The molecule has 9 nitrogen and oxygen atoms in total. The fourth-order valence-electron chi connectivity index (χ4n) is 3.49. The summed E-state index contributed by atoms with van der Waals surface area (Å²) in [6.07, 6.45) is 3.66. The molecule has 2 aromatic heterocycles. The zero-order valence-corrected chi connectivity index (χ0v) is 16.4. The third kappa shape index (κ3) is 3.63. The van der Waals surface area contributed by atoms with Gasteiger partial charge in [-0.3, -0.25) is 14.3 Å². The summed E-state index contributed by atoms with van der Waals surface area (Å²) >= 11 is 0. The first kappa shape index (κ1) is 18.9. The van der Waals surface area contributed by atoms with Crippen LogP contribution in [0.2, 0.25) is 0 Å². The molecule has 150 valence electrons. The Morgan fingerprint density at radius 2 is 2.07 bits per heavy atom. The van der Waals surface area contributed by atoms with Gasteiger partial charge in [0.25, 0.3) is 11.8 Å². The van der Waals surface area contributed by atoms with Crippen molar-refractivity contribution < 1.29 is 9.59 Å². The van der Waals surface area contributed by atoms with E-state index < -0.39 is 0 Å². The van der Waals surface area contributed by atoms with Crippen LogP contribution in [0.4, 0.5) is 0 Å². The molecule has 4 rings (SSSR count). The molecule has 1 aliphatic rings. The van der Waals surface area contributed by atoms with E-state index >= 15 is 0 Å². The van der Waals surface area contributed by atoms with Crippen molar-refractivity contribution in [1.29, 1.82) is 0 Å². The van der Waals surface area contributed by atoms with E-state index in [1.807, 2.05) is 55.1 Å². The summed E-state index contributed by atoms with van der Waals surface area (Å²) in [4.78, 5) is 27.5. The Morgan fingerprint density at radius 3 is 2.76 bits per heavy atom. The fraction of sp³-hybridized carbons (Fsp3) is 0.350. The van der Waals surface area contributed by atoms with Crippen molar-refractivity contribution in [3.63, 3.8) is 0 Å². The van der Waals surface area contributed by atoms with E-state index in [2.05, 4.69) is 20.7 Å². The van der Waals surface area contributed by atoms with Crippen LogP contribution in [-0.2, 0) is 19.6 Å². The van der Waals surface area contributed by atoms with Crippen LogP contribution >= 0.6 is 0 Å². The van der Waals surface area contributed by atoms with E-state index in [0.29, 0.717) is 19.6 Å². The summed E-state index contributed by atoms with van der Waals surface area (Å²) in [5.74, 6) is -0.653. The lowest BCUT2D eigenvalue weighted by molar-refractivity contribution is 0.0736. The Bertz CT molecular complexity index is 1020. The van der Waals surface area contributed by atoms with E-state index in [4.69, 9.17) is 0 Å². The Hall–Kier alpha value is -3.49. The van der Waals surface area contributed by atoms with Gasteiger partial charge in [-0.15, -0.1) is 5.10 Å². The van der Waals surface area contributed by atoms with Crippen molar-refractivity contribution in [1.82, 2.24) is 35.0 Å². The standard InChI is InChI=1S/C20H23N7O2/c1-3-25(11-14-10-21-26(4-2)12-14)20(29)17-18-19(28)22-16(13-27(18)24-23-17)15-8-6-5-7-9-15/h5-10,12,16H,3-4,11,13H2,1-2H3,(H,22,28)/t16-/m1/s1. The number of hydrogen-bond acceptors (Lipinski definition) is 5. The van der Waals surface area contributed by atoms with Crippen LogP contribution in [0.3, 0.4) is 0 Å². The van der Waals surface area contributed by atoms with Gasteiger partial charge >= 0.3 is 0 Å². The largest absolute Gasteiger partial charge is 0.342 e. The summed E-state index contributed by atoms with van der Waals surface area (Å²) in [6.45, 7) is 5.97. The molecule has 1 aliphatic heterocycles. The second kappa shape index (κ2) is 7.86. The average Bonchev–Trinajstić information content (AvgIpc) is 3.39. The number of amides is 2. The molecule has 3 heterocycles. The molecule has 2 amide bonds. The molecule has 0 radical (unpaired) electrons. The highest BCUT2D eigenvalue weighted by atomic mass is 16.2. The first-order chi connectivity index (χ1) is 14.1. The van der Waals surface area contributed by atoms with Crippen molar-refractivity contribution in [3.05, 3.63) is 65.2 Å². The number of benzene rings is 1. The SMILES string of the molecule is CCN(Cc1cnn(CC)c1)C(=O)c1nnn2c1C(=O)N[C@@H](c1ccccc1)C2. The first-order valence-corrected chi connectivity index (χ1v) is 9.70. The summed E-state index contributed by atoms with van der Waals surface area (Å²) in [5, 5.41) is 15.3. The molecule has 0 bridgehead atoms. The minimum Gasteiger partial charge on any atom is -0.342 e. The first-order valence-electron chi connectivity index (χ1n) is 9.70. The van der Waals surface area contributed by atoms with Gasteiger partial charge in [-0.2, -0.15) is 5.10 Å². The Balaban J connectivity index is 1.56. The molecule has 29 heavy (non-hydrogen) atoms. The van der Waals surface area contributed by atoms with Crippen LogP contribution in [0.1, 0.15) is 52.0 Å². The molecule has 0 saturated heterocycles. The number of aromatic nitrogens is 5. The zero-order chi connectivity index (χ0) is 20.4. The maximum absolute atomic E-state index is 13.1. The zero-order valence-electron chi connectivity index (χ0n) is 16.4. The number of rotatable bonds is 6. The van der Waals surface area contributed by atoms with Gasteiger partial charge in [-0.1, -0.05) is 35.5 Å². The molecule has 3 aromatic rings. The van der Waals surface area contributed by atoms with Crippen molar-refractivity contribution in [2.24, 2.45) is 0 Å². The summed E-state index contributed by atoms with van der Waals surface area (Å²) < 4.78 is 3.33. The van der Waals surface area contributed by atoms with Crippen LogP contribution in [-0.4, -0.2) is 48.0 Å². The Morgan fingerprint density at radius 1 is 1.28 bits per heavy atom. The number of nitrogens with one attached hydrogen (secondary N) is 1. The van der Waals surface area contributed by atoms with Gasteiger partial charge in [0.1, 0.15) is 0 Å². The Labute approximate surface area is 168 Å². The second-order valence-corrected chi connectivity index (χ2v) is 6.93. The predicted molar refractivity (Wildman–Crippen MR) is 105 cm³/mol. The van der Waals surface area contributed by atoms with Gasteiger partial charge in [-0.25, -0.2) is 4.68 Å². The average molecular weight is 393 g/mol. The lowest BCUT2D eigenvalue weighted by Crippen LogP contribution is -2.40. The van der Waals surface area contributed by atoms with Gasteiger partial charge in [0.05, 0.1) is 18.8 Å². The number of fused-ring (bicyclic) bond motifs is 1. The number of nitrogens with zero attached hydrogens (tertiary/aromatic N) is 6. The maximum atomic E-state index is 13.1. The molecular formula is C20H23N7O2. The van der Waals surface area contributed by atoms with Gasteiger partial charge in [0.2, 0.25) is 0 Å². The normalized spacial score (nSPS) is 15.7. The van der Waals surface area contributed by atoms with Crippen LogP contribution in [0.5, 0.6) is 0 Å². The summed E-state index contributed by atoms with van der Waals surface area (Å²) in [6, 6.07) is 9.47. The summed E-state index contributed by atoms with van der Waals surface area (Å²) in [5.41, 5.74) is 2.21. The molecule has 1 atom stereocenters. The molecule has 0 saturated carbocycles. The van der Waals surface area contributed by atoms with Gasteiger partial charge in [0.15, 0.2) is 11.4 Å². The lowest BCUT2D eigenvalue weighted by Gasteiger charge is -2.25. The predicted octanol–water partition coefficient (Wildman–Crippen LogP) is 1.64. The van der Waals surface area contributed by atoms with Crippen molar-refractivity contribution >= 4 is 11.8 Å². The monoisotopic (exact) mass is 393 g/mol. The molecule has 1 N–H and O–H groups in total. The van der Waals surface area contributed by atoms with Gasteiger partial charge in [-0.05, 0) is 19.4 Å². The van der Waals surface area contributed by atoms with Gasteiger partial charge in [0, 0.05) is 31.4 Å². The van der Waals surface area contributed by atoms with E-state index in [1.165, 1.54) is 4.68 Å². The third-order valence-corrected chi connectivity index (χ3v) is 5.07. The molecule has 0 unspecified atom stereocenters. The highest BCUT2D eigenvalue weighted by Gasteiger charge is 2.34. The smallest absolute Gasteiger partial charge is 0.277 e. The number of hydrogen-bond donors (Lipinski definition) is 1. The van der Waals surface area contributed by atoms with Crippen molar-refractivity contribution in [2.75, 3.05) is 6.54 Å². The minimum absolute atomic E-state index is 0.0822.